The molecule has 0 aliphatic rings. The third-order valence-corrected chi connectivity index (χ3v) is 4.79. The van der Waals surface area contributed by atoms with Crippen LogP contribution >= 0.6 is 0 Å². The summed E-state index contributed by atoms with van der Waals surface area (Å²) in [6.07, 6.45) is 0. The predicted octanol–water partition coefficient (Wildman–Crippen LogP) is 4.71. The summed E-state index contributed by atoms with van der Waals surface area (Å²) in [5, 5.41) is 3.15. The first-order valence-corrected chi connectivity index (χ1v) is 9.26. The molecule has 0 aliphatic carbocycles. The molecule has 1 amide bonds. The second-order valence-electron chi connectivity index (χ2n) is 6.60. The number of carbonyl (C=O) groups excluding carboxylic acids is 1. The summed E-state index contributed by atoms with van der Waals surface area (Å²) in [5.41, 5.74) is 2.88. The maximum atomic E-state index is 13.2. The molecule has 0 unspecified atom stereocenters. The van der Waals surface area contributed by atoms with Crippen LogP contribution in [-0.4, -0.2) is 20.1 Å². The Hall–Kier alpha value is -3.27. The first kappa shape index (κ1) is 19.5. The average molecular weight is 375 g/mol. The summed E-state index contributed by atoms with van der Waals surface area (Å²) < 4.78 is 10.7. The maximum Gasteiger partial charge on any atom is 0.232 e. The fourth-order valence-electron chi connectivity index (χ4n) is 3.29. The molecule has 0 saturated carbocycles. The molecular formula is C24H25NO3. The Labute approximate surface area is 166 Å². The van der Waals surface area contributed by atoms with Crippen LogP contribution < -0.4 is 14.8 Å². The quantitative estimate of drug-likeness (QED) is 0.650. The lowest BCUT2D eigenvalue weighted by Gasteiger charge is -2.22. The molecule has 4 heteroatoms. The van der Waals surface area contributed by atoms with E-state index in [-0.39, 0.29) is 17.9 Å². The Bertz CT molecular complexity index is 870. The van der Waals surface area contributed by atoms with Crippen LogP contribution in [0, 0.1) is 0 Å². The number of ether oxygens (including phenoxy) is 2. The van der Waals surface area contributed by atoms with Crippen molar-refractivity contribution in [3.63, 3.8) is 0 Å². The fourth-order valence-corrected chi connectivity index (χ4v) is 3.29. The highest BCUT2D eigenvalue weighted by Gasteiger charge is 2.24. The minimum Gasteiger partial charge on any atom is -0.493 e. The molecule has 0 heterocycles. The summed E-state index contributed by atoms with van der Waals surface area (Å²) >= 11 is 0. The fraction of sp³-hybridized carbons (Fsp3) is 0.208. The van der Waals surface area contributed by atoms with Gasteiger partial charge in [-0.2, -0.15) is 0 Å². The molecule has 0 fully saturated rings. The number of hydrogen-bond donors (Lipinski definition) is 1. The highest BCUT2D eigenvalue weighted by molar-refractivity contribution is 5.87. The molecule has 1 N–H and O–H groups in total. The molecule has 3 aromatic carbocycles. The standard InChI is InChI=1S/C24H25NO3/c1-17(20-14-15-21(27-2)22(16-20)28-3)25-24(26)23(18-10-6-4-7-11-18)19-12-8-5-9-13-19/h4-17,23H,1-3H3,(H,25,26)/t17-/m1/s1. The third kappa shape index (κ3) is 4.34. The molecule has 0 radical (unpaired) electrons. The van der Waals surface area contributed by atoms with Crippen molar-refractivity contribution in [3.05, 3.63) is 95.6 Å². The molecule has 144 valence electrons. The van der Waals surface area contributed by atoms with E-state index in [0.29, 0.717) is 11.5 Å². The monoisotopic (exact) mass is 375 g/mol. The van der Waals surface area contributed by atoms with Gasteiger partial charge in [-0.15, -0.1) is 0 Å². The van der Waals surface area contributed by atoms with Gasteiger partial charge < -0.3 is 14.8 Å². The van der Waals surface area contributed by atoms with Crippen molar-refractivity contribution >= 4 is 5.91 Å². The SMILES string of the molecule is COc1ccc([C@@H](C)NC(=O)C(c2ccccc2)c2ccccc2)cc1OC. The van der Waals surface area contributed by atoms with E-state index in [1.54, 1.807) is 14.2 Å². The summed E-state index contributed by atoms with van der Waals surface area (Å²) in [4.78, 5) is 13.2. The molecule has 0 saturated heterocycles. The third-order valence-electron chi connectivity index (χ3n) is 4.79. The topological polar surface area (TPSA) is 47.6 Å². The van der Waals surface area contributed by atoms with Crippen LogP contribution in [0.15, 0.2) is 78.9 Å². The number of nitrogens with one attached hydrogen (secondary N) is 1. The van der Waals surface area contributed by atoms with Gasteiger partial charge in [-0.05, 0) is 35.7 Å². The van der Waals surface area contributed by atoms with Gasteiger partial charge >= 0.3 is 0 Å². The van der Waals surface area contributed by atoms with E-state index in [1.807, 2.05) is 85.8 Å². The van der Waals surface area contributed by atoms with Gasteiger partial charge in [0.1, 0.15) is 0 Å². The number of methoxy groups -OCH3 is 2. The summed E-state index contributed by atoms with van der Waals surface area (Å²) in [6.45, 7) is 1.96. The molecule has 0 bridgehead atoms. The van der Waals surface area contributed by atoms with Crippen LogP contribution in [0.5, 0.6) is 11.5 Å². The van der Waals surface area contributed by atoms with Gasteiger partial charge in [0.25, 0.3) is 0 Å². The van der Waals surface area contributed by atoms with E-state index in [1.165, 1.54) is 0 Å². The van der Waals surface area contributed by atoms with Crippen LogP contribution in [0.3, 0.4) is 0 Å². The van der Waals surface area contributed by atoms with Gasteiger partial charge in [-0.25, -0.2) is 0 Å². The first-order valence-electron chi connectivity index (χ1n) is 9.26. The first-order chi connectivity index (χ1) is 13.6. The van der Waals surface area contributed by atoms with Crippen molar-refractivity contribution in [2.75, 3.05) is 14.2 Å². The van der Waals surface area contributed by atoms with Crippen LogP contribution in [-0.2, 0) is 4.79 Å². The molecule has 0 spiro atoms. The maximum absolute atomic E-state index is 13.2. The van der Waals surface area contributed by atoms with Crippen molar-refractivity contribution in [2.45, 2.75) is 18.9 Å². The van der Waals surface area contributed by atoms with Gasteiger partial charge in [-0.3, -0.25) is 4.79 Å². The Morgan fingerprint density at radius 1 is 0.750 bits per heavy atom. The van der Waals surface area contributed by atoms with Crippen LogP contribution in [0.2, 0.25) is 0 Å². The van der Waals surface area contributed by atoms with Crippen molar-refractivity contribution in [2.24, 2.45) is 0 Å². The van der Waals surface area contributed by atoms with Crippen molar-refractivity contribution in [1.29, 1.82) is 0 Å². The Balaban J connectivity index is 1.86. The van der Waals surface area contributed by atoms with Gasteiger partial charge in [0.05, 0.1) is 26.2 Å². The van der Waals surface area contributed by atoms with E-state index in [4.69, 9.17) is 9.47 Å². The van der Waals surface area contributed by atoms with Crippen molar-refractivity contribution in [1.82, 2.24) is 5.32 Å². The molecule has 1 atom stereocenters. The van der Waals surface area contributed by atoms with Crippen molar-refractivity contribution in [3.8, 4) is 11.5 Å². The summed E-state index contributed by atoms with van der Waals surface area (Å²) in [7, 11) is 3.21. The number of rotatable bonds is 7. The highest BCUT2D eigenvalue weighted by atomic mass is 16.5. The smallest absolute Gasteiger partial charge is 0.232 e. The lowest BCUT2D eigenvalue weighted by Crippen LogP contribution is -2.32. The van der Waals surface area contributed by atoms with Crippen molar-refractivity contribution < 1.29 is 14.3 Å². The van der Waals surface area contributed by atoms with Crippen LogP contribution in [0.4, 0.5) is 0 Å². The molecule has 28 heavy (non-hydrogen) atoms. The van der Waals surface area contributed by atoms with Gasteiger partial charge in [-0.1, -0.05) is 66.7 Å². The van der Waals surface area contributed by atoms with E-state index < -0.39 is 0 Å². The van der Waals surface area contributed by atoms with E-state index in [2.05, 4.69) is 5.32 Å². The number of hydrogen-bond acceptors (Lipinski definition) is 3. The van der Waals surface area contributed by atoms with Gasteiger partial charge in [0.2, 0.25) is 5.91 Å². The normalized spacial score (nSPS) is 11.7. The molecule has 0 aromatic heterocycles. The van der Waals surface area contributed by atoms with Gasteiger partial charge in [0, 0.05) is 0 Å². The average Bonchev–Trinajstić information content (AvgIpc) is 2.74. The largest absolute Gasteiger partial charge is 0.493 e. The summed E-state index contributed by atoms with van der Waals surface area (Å²) in [5.74, 6) is 0.893. The molecule has 4 nitrogen and oxygen atoms in total. The zero-order chi connectivity index (χ0) is 19.9. The lowest BCUT2D eigenvalue weighted by molar-refractivity contribution is -0.122. The summed E-state index contributed by atoms with van der Waals surface area (Å²) in [6, 6.07) is 25.2. The van der Waals surface area contributed by atoms with E-state index >= 15 is 0 Å². The second-order valence-corrected chi connectivity index (χ2v) is 6.60. The number of carbonyl (C=O) groups is 1. The number of amides is 1. The second kappa shape index (κ2) is 9.09. The van der Waals surface area contributed by atoms with Crippen LogP contribution in [0.1, 0.15) is 35.6 Å². The minimum atomic E-state index is -0.370. The predicted molar refractivity (Wildman–Crippen MR) is 111 cm³/mol. The Morgan fingerprint density at radius 3 is 1.79 bits per heavy atom. The minimum absolute atomic E-state index is 0.0420. The zero-order valence-electron chi connectivity index (χ0n) is 16.4. The Kier molecular flexibility index (Phi) is 6.33. The molecular weight excluding hydrogens is 350 g/mol. The lowest BCUT2D eigenvalue weighted by atomic mass is 9.90. The van der Waals surface area contributed by atoms with Crippen LogP contribution in [0.25, 0.3) is 0 Å². The highest BCUT2D eigenvalue weighted by Crippen LogP contribution is 2.31. The number of benzene rings is 3. The zero-order valence-corrected chi connectivity index (χ0v) is 16.4. The van der Waals surface area contributed by atoms with Gasteiger partial charge in [0.15, 0.2) is 11.5 Å². The molecule has 3 rings (SSSR count). The Morgan fingerprint density at radius 2 is 1.29 bits per heavy atom. The van der Waals surface area contributed by atoms with E-state index in [9.17, 15) is 4.79 Å². The molecule has 0 aliphatic heterocycles. The molecule has 3 aromatic rings. The van der Waals surface area contributed by atoms with E-state index in [0.717, 1.165) is 16.7 Å².